The minimum atomic E-state index is -0.756. The third-order valence-electron chi connectivity index (χ3n) is 3.69. The number of hydrogen-bond donors (Lipinski definition) is 0. The summed E-state index contributed by atoms with van der Waals surface area (Å²) >= 11 is 0. The van der Waals surface area contributed by atoms with Crippen molar-refractivity contribution in [1.29, 1.82) is 5.26 Å². The van der Waals surface area contributed by atoms with Crippen molar-refractivity contribution in [2.75, 3.05) is 7.05 Å². The van der Waals surface area contributed by atoms with Gasteiger partial charge in [0.1, 0.15) is 11.0 Å². The highest BCUT2D eigenvalue weighted by Crippen LogP contribution is 2.46. The van der Waals surface area contributed by atoms with Crippen LogP contribution in [0, 0.1) is 16.7 Å². The van der Waals surface area contributed by atoms with Crippen LogP contribution in [-0.4, -0.2) is 17.9 Å². The largest absolute Gasteiger partial charge is 0.464 e. The summed E-state index contributed by atoms with van der Waals surface area (Å²) in [5, 5.41) is 10.1. The van der Waals surface area contributed by atoms with Crippen LogP contribution in [0.4, 0.5) is 0 Å². The quantitative estimate of drug-likeness (QED) is 0.846. The normalized spacial score (nSPS) is 16.0. The smallest absolute Gasteiger partial charge is 0.243 e. The highest BCUT2D eigenvalue weighted by atomic mass is 16.3. The number of nitriles is 1. The van der Waals surface area contributed by atoms with E-state index >= 15 is 0 Å². The van der Waals surface area contributed by atoms with Crippen molar-refractivity contribution in [2.45, 2.75) is 19.4 Å². The van der Waals surface area contributed by atoms with Gasteiger partial charge in [0.25, 0.3) is 0 Å². The summed E-state index contributed by atoms with van der Waals surface area (Å²) in [4.78, 5) is 13.8. The van der Waals surface area contributed by atoms with Gasteiger partial charge in [-0.3, -0.25) is 4.79 Å². The number of fused-ring (bicyclic) bond motifs is 1. The number of carbonyl (C=O) groups excluding carboxylic acids is 1. The van der Waals surface area contributed by atoms with E-state index in [1.165, 1.54) is 0 Å². The lowest BCUT2D eigenvalue weighted by Crippen LogP contribution is -2.32. The second-order valence-electron chi connectivity index (χ2n) is 5.11. The maximum Gasteiger partial charge on any atom is 0.243 e. The SMILES string of the molecule is CN(Cc1coc2ccccc12)C(=O)C1(C#N)CC1. The minimum absolute atomic E-state index is 0.0831. The lowest BCUT2D eigenvalue weighted by atomic mass is 10.1. The summed E-state index contributed by atoms with van der Waals surface area (Å²) < 4.78 is 5.45. The van der Waals surface area contributed by atoms with Crippen molar-refractivity contribution in [3.05, 3.63) is 36.1 Å². The summed E-state index contributed by atoms with van der Waals surface area (Å²) in [5.74, 6) is -0.0831. The van der Waals surface area contributed by atoms with Gasteiger partial charge >= 0.3 is 0 Å². The van der Waals surface area contributed by atoms with E-state index < -0.39 is 5.41 Å². The third kappa shape index (κ3) is 1.88. The van der Waals surface area contributed by atoms with Crippen LogP contribution in [0.25, 0.3) is 11.0 Å². The fraction of sp³-hybridized carbons (Fsp3) is 0.333. The molecular weight excluding hydrogens is 240 g/mol. The first-order chi connectivity index (χ1) is 9.16. The predicted octanol–water partition coefficient (Wildman–Crippen LogP) is 2.69. The van der Waals surface area contributed by atoms with Gasteiger partial charge in [0, 0.05) is 24.5 Å². The number of hydrogen-bond acceptors (Lipinski definition) is 3. The molecule has 1 amide bonds. The minimum Gasteiger partial charge on any atom is -0.464 e. The number of furan rings is 1. The van der Waals surface area contributed by atoms with Crippen molar-refractivity contribution < 1.29 is 9.21 Å². The molecule has 0 saturated heterocycles. The molecule has 0 spiro atoms. The fourth-order valence-electron chi connectivity index (χ4n) is 2.35. The molecule has 2 aromatic rings. The van der Waals surface area contributed by atoms with Crippen LogP contribution >= 0.6 is 0 Å². The summed E-state index contributed by atoms with van der Waals surface area (Å²) in [7, 11) is 1.74. The zero-order valence-corrected chi connectivity index (χ0v) is 10.7. The van der Waals surface area contributed by atoms with Gasteiger partial charge in [-0.05, 0) is 18.9 Å². The molecule has 0 bridgehead atoms. The molecule has 0 radical (unpaired) electrons. The highest BCUT2D eigenvalue weighted by molar-refractivity contribution is 5.88. The second-order valence-corrected chi connectivity index (χ2v) is 5.11. The summed E-state index contributed by atoms with van der Waals surface area (Å²) in [6.45, 7) is 0.472. The van der Waals surface area contributed by atoms with E-state index in [1.807, 2.05) is 24.3 Å². The average molecular weight is 254 g/mol. The van der Waals surface area contributed by atoms with E-state index in [-0.39, 0.29) is 5.91 Å². The molecule has 1 aliphatic carbocycles. The van der Waals surface area contributed by atoms with Crippen LogP contribution in [0.5, 0.6) is 0 Å². The highest BCUT2D eigenvalue weighted by Gasteiger charge is 2.51. The number of rotatable bonds is 3. The molecule has 4 nitrogen and oxygen atoms in total. The molecule has 1 saturated carbocycles. The van der Waals surface area contributed by atoms with Gasteiger partial charge in [-0.1, -0.05) is 18.2 Å². The van der Waals surface area contributed by atoms with Crippen LogP contribution in [0.1, 0.15) is 18.4 Å². The van der Waals surface area contributed by atoms with Gasteiger partial charge in [-0.25, -0.2) is 0 Å². The van der Waals surface area contributed by atoms with E-state index in [4.69, 9.17) is 9.68 Å². The molecule has 1 fully saturated rings. The van der Waals surface area contributed by atoms with Crippen molar-refractivity contribution in [3.8, 4) is 6.07 Å². The lowest BCUT2D eigenvalue weighted by Gasteiger charge is -2.19. The Hall–Kier alpha value is -2.28. The Kier molecular flexibility index (Phi) is 2.56. The van der Waals surface area contributed by atoms with E-state index in [9.17, 15) is 4.79 Å². The molecule has 0 N–H and O–H groups in total. The van der Waals surface area contributed by atoms with Crippen molar-refractivity contribution in [2.24, 2.45) is 5.41 Å². The molecule has 1 aliphatic rings. The molecule has 0 unspecified atom stereocenters. The molecule has 0 atom stereocenters. The number of benzene rings is 1. The Balaban J connectivity index is 1.82. The van der Waals surface area contributed by atoms with Crippen molar-refractivity contribution in [1.82, 2.24) is 4.90 Å². The second kappa shape index (κ2) is 4.13. The maximum absolute atomic E-state index is 12.2. The molecule has 4 heteroatoms. The monoisotopic (exact) mass is 254 g/mol. The zero-order valence-electron chi connectivity index (χ0n) is 10.7. The first kappa shape index (κ1) is 11.8. The fourth-order valence-corrected chi connectivity index (χ4v) is 2.35. The Labute approximate surface area is 111 Å². The van der Waals surface area contributed by atoms with E-state index in [0.717, 1.165) is 16.5 Å². The standard InChI is InChI=1S/C15H14N2O2/c1-17(14(18)15(10-16)6-7-15)8-11-9-19-13-5-3-2-4-12(11)13/h2-5,9H,6-8H2,1H3. The van der Waals surface area contributed by atoms with E-state index in [0.29, 0.717) is 19.4 Å². The molecule has 96 valence electrons. The first-order valence-electron chi connectivity index (χ1n) is 6.28. The number of para-hydroxylation sites is 1. The van der Waals surface area contributed by atoms with Gasteiger partial charge in [-0.15, -0.1) is 0 Å². The number of nitrogens with zero attached hydrogens (tertiary/aromatic N) is 2. The number of amides is 1. The van der Waals surface area contributed by atoms with Crippen LogP contribution in [0.2, 0.25) is 0 Å². The Morgan fingerprint density at radius 1 is 1.47 bits per heavy atom. The Morgan fingerprint density at radius 2 is 2.21 bits per heavy atom. The van der Waals surface area contributed by atoms with Gasteiger partial charge in [0.05, 0.1) is 12.3 Å². The summed E-state index contributed by atoms with van der Waals surface area (Å²) in [5.41, 5.74) is 1.04. The third-order valence-corrected chi connectivity index (χ3v) is 3.69. The molecule has 1 aromatic carbocycles. The molecule has 1 aromatic heterocycles. The topological polar surface area (TPSA) is 57.2 Å². The van der Waals surface area contributed by atoms with Crippen LogP contribution in [-0.2, 0) is 11.3 Å². The molecule has 3 rings (SSSR count). The van der Waals surface area contributed by atoms with Crippen LogP contribution < -0.4 is 0 Å². The van der Waals surface area contributed by atoms with Crippen LogP contribution in [0.15, 0.2) is 34.9 Å². The maximum atomic E-state index is 12.2. The summed E-state index contributed by atoms with van der Waals surface area (Å²) in [6, 6.07) is 9.87. The zero-order chi connectivity index (χ0) is 13.5. The molecule has 19 heavy (non-hydrogen) atoms. The Morgan fingerprint density at radius 3 is 2.89 bits per heavy atom. The van der Waals surface area contributed by atoms with Gasteiger partial charge in [-0.2, -0.15) is 5.26 Å². The van der Waals surface area contributed by atoms with Gasteiger partial charge < -0.3 is 9.32 Å². The van der Waals surface area contributed by atoms with Gasteiger partial charge in [0.15, 0.2) is 0 Å². The van der Waals surface area contributed by atoms with Crippen LogP contribution in [0.3, 0.4) is 0 Å². The average Bonchev–Trinajstić information content (AvgIpc) is 3.15. The van der Waals surface area contributed by atoms with E-state index in [2.05, 4.69) is 6.07 Å². The van der Waals surface area contributed by atoms with Gasteiger partial charge in [0.2, 0.25) is 5.91 Å². The molecule has 1 heterocycles. The van der Waals surface area contributed by atoms with Crippen molar-refractivity contribution in [3.63, 3.8) is 0 Å². The van der Waals surface area contributed by atoms with Crippen molar-refractivity contribution >= 4 is 16.9 Å². The predicted molar refractivity (Wildman–Crippen MR) is 70.0 cm³/mol. The van der Waals surface area contributed by atoms with E-state index in [1.54, 1.807) is 18.2 Å². The lowest BCUT2D eigenvalue weighted by molar-refractivity contribution is -0.134. The Bertz CT molecular complexity index is 677. The summed E-state index contributed by atoms with van der Waals surface area (Å²) in [6.07, 6.45) is 3.04. The number of carbonyl (C=O) groups is 1. The first-order valence-corrected chi connectivity index (χ1v) is 6.28. The molecule has 0 aliphatic heterocycles. The molecular formula is C15H14N2O2.